The van der Waals surface area contributed by atoms with E-state index in [0.29, 0.717) is 24.9 Å². The number of nitrogens with one attached hydrogen (secondary N) is 1. The SMILES string of the molecule is CC(C)C(=O)CCCNC(=O)c1ccccc1. The predicted molar refractivity (Wildman–Crippen MR) is 67.9 cm³/mol. The number of amides is 1. The molecule has 1 amide bonds. The van der Waals surface area contributed by atoms with E-state index in [2.05, 4.69) is 5.32 Å². The average Bonchev–Trinajstić information content (AvgIpc) is 2.35. The lowest BCUT2D eigenvalue weighted by atomic mass is 10.0. The van der Waals surface area contributed by atoms with Gasteiger partial charge in [0.05, 0.1) is 0 Å². The molecule has 0 aliphatic rings. The van der Waals surface area contributed by atoms with E-state index >= 15 is 0 Å². The number of ketones is 1. The fourth-order valence-corrected chi connectivity index (χ4v) is 1.44. The molecule has 0 unspecified atom stereocenters. The second-order valence-corrected chi connectivity index (χ2v) is 4.35. The largest absolute Gasteiger partial charge is 0.352 e. The summed E-state index contributed by atoms with van der Waals surface area (Å²) in [6.45, 7) is 4.34. The Morgan fingerprint density at radius 3 is 2.41 bits per heavy atom. The highest BCUT2D eigenvalue weighted by Crippen LogP contribution is 2.02. The van der Waals surface area contributed by atoms with Gasteiger partial charge < -0.3 is 5.32 Å². The maximum atomic E-state index is 11.6. The van der Waals surface area contributed by atoms with E-state index in [-0.39, 0.29) is 17.6 Å². The van der Waals surface area contributed by atoms with E-state index in [1.54, 1.807) is 12.1 Å². The third-order valence-corrected chi connectivity index (χ3v) is 2.57. The molecule has 1 aromatic carbocycles. The summed E-state index contributed by atoms with van der Waals surface area (Å²) in [5.74, 6) is 0.251. The van der Waals surface area contributed by atoms with Crippen molar-refractivity contribution in [3.05, 3.63) is 35.9 Å². The van der Waals surface area contributed by atoms with Crippen molar-refractivity contribution >= 4 is 11.7 Å². The number of carbonyl (C=O) groups excluding carboxylic acids is 2. The molecule has 0 bridgehead atoms. The van der Waals surface area contributed by atoms with Gasteiger partial charge in [-0.05, 0) is 18.6 Å². The average molecular weight is 233 g/mol. The van der Waals surface area contributed by atoms with Crippen molar-refractivity contribution in [2.45, 2.75) is 26.7 Å². The zero-order chi connectivity index (χ0) is 12.7. The first kappa shape index (κ1) is 13.4. The summed E-state index contributed by atoms with van der Waals surface area (Å²) in [7, 11) is 0. The molecule has 3 nitrogen and oxygen atoms in total. The highest BCUT2D eigenvalue weighted by atomic mass is 16.1. The summed E-state index contributed by atoms with van der Waals surface area (Å²) in [5, 5.41) is 2.80. The van der Waals surface area contributed by atoms with Gasteiger partial charge in [-0.3, -0.25) is 9.59 Å². The Bertz CT molecular complexity index is 371. The van der Waals surface area contributed by atoms with E-state index < -0.39 is 0 Å². The number of hydrogen-bond donors (Lipinski definition) is 1. The molecule has 0 spiro atoms. The van der Waals surface area contributed by atoms with Gasteiger partial charge in [0.25, 0.3) is 5.91 Å². The second kappa shape index (κ2) is 6.84. The van der Waals surface area contributed by atoms with E-state index in [1.807, 2.05) is 32.0 Å². The maximum absolute atomic E-state index is 11.6. The highest BCUT2D eigenvalue weighted by molar-refractivity contribution is 5.94. The molecule has 0 atom stereocenters. The molecule has 0 radical (unpaired) electrons. The van der Waals surface area contributed by atoms with Crippen molar-refractivity contribution in [2.24, 2.45) is 5.92 Å². The molecule has 0 aliphatic heterocycles. The number of hydrogen-bond acceptors (Lipinski definition) is 2. The van der Waals surface area contributed by atoms with Gasteiger partial charge in [0.15, 0.2) is 0 Å². The molecule has 0 fully saturated rings. The zero-order valence-electron chi connectivity index (χ0n) is 10.4. The lowest BCUT2D eigenvalue weighted by Gasteiger charge is -2.06. The minimum absolute atomic E-state index is 0.0809. The summed E-state index contributed by atoms with van der Waals surface area (Å²) < 4.78 is 0. The fraction of sp³-hybridized carbons (Fsp3) is 0.429. The summed E-state index contributed by atoms with van der Waals surface area (Å²) in [5.41, 5.74) is 0.655. The van der Waals surface area contributed by atoms with Gasteiger partial charge in [-0.25, -0.2) is 0 Å². The van der Waals surface area contributed by atoms with E-state index in [4.69, 9.17) is 0 Å². The predicted octanol–water partition coefficient (Wildman–Crippen LogP) is 2.42. The topological polar surface area (TPSA) is 46.2 Å². The van der Waals surface area contributed by atoms with Crippen LogP contribution in [0.1, 0.15) is 37.0 Å². The van der Waals surface area contributed by atoms with Crippen molar-refractivity contribution in [3.8, 4) is 0 Å². The van der Waals surface area contributed by atoms with Gasteiger partial charge in [-0.2, -0.15) is 0 Å². The molecule has 1 rings (SSSR count). The lowest BCUT2D eigenvalue weighted by Crippen LogP contribution is -2.25. The zero-order valence-corrected chi connectivity index (χ0v) is 10.4. The van der Waals surface area contributed by atoms with E-state index in [9.17, 15) is 9.59 Å². The van der Waals surface area contributed by atoms with Gasteiger partial charge in [0.2, 0.25) is 0 Å². The van der Waals surface area contributed by atoms with Crippen LogP contribution in [0.2, 0.25) is 0 Å². The fourth-order valence-electron chi connectivity index (χ4n) is 1.44. The molecule has 0 aromatic heterocycles. The summed E-state index contributed by atoms with van der Waals surface area (Å²) in [6.07, 6.45) is 1.24. The molecule has 92 valence electrons. The third-order valence-electron chi connectivity index (χ3n) is 2.57. The van der Waals surface area contributed by atoms with Gasteiger partial charge in [-0.1, -0.05) is 32.0 Å². The lowest BCUT2D eigenvalue weighted by molar-refractivity contribution is -0.121. The van der Waals surface area contributed by atoms with Gasteiger partial charge in [0, 0.05) is 24.4 Å². The Kier molecular flexibility index (Phi) is 5.40. The minimum atomic E-state index is -0.0809. The molecule has 1 aromatic rings. The van der Waals surface area contributed by atoms with Crippen LogP contribution in [0.4, 0.5) is 0 Å². The first-order valence-corrected chi connectivity index (χ1v) is 5.97. The normalized spacial score (nSPS) is 10.3. The Labute approximate surface area is 102 Å². The van der Waals surface area contributed by atoms with Crippen molar-refractivity contribution in [3.63, 3.8) is 0 Å². The van der Waals surface area contributed by atoms with Crippen LogP contribution in [-0.2, 0) is 4.79 Å². The van der Waals surface area contributed by atoms with Gasteiger partial charge in [-0.15, -0.1) is 0 Å². The molecule has 0 saturated carbocycles. The smallest absolute Gasteiger partial charge is 0.251 e. The quantitative estimate of drug-likeness (QED) is 0.767. The number of rotatable bonds is 6. The monoisotopic (exact) mass is 233 g/mol. The second-order valence-electron chi connectivity index (χ2n) is 4.35. The number of benzene rings is 1. The van der Waals surface area contributed by atoms with Crippen LogP contribution in [0.15, 0.2) is 30.3 Å². The van der Waals surface area contributed by atoms with Gasteiger partial charge in [0.1, 0.15) is 5.78 Å². The number of carbonyl (C=O) groups is 2. The van der Waals surface area contributed by atoms with Crippen LogP contribution in [-0.4, -0.2) is 18.2 Å². The maximum Gasteiger partial charge on any atom is 0.251 e. The molecule has 0 heterocycles. The van der Waals surface area contributed by atoms with E-state index in [1.165, 1.54) is 0 Å². The molecular formula is C14H19NO2. The first-order valence-electron chi connectivity index (χ1n) is 5.97. The van der Waals surface area contributed by atoms with Crippen LogP contribution in [0.3, 0.4) is 0 Å². The van der Waals surface area contributed by atoms with Crippen molar-refractivity contribution in [1.82, 2.24) is 5.32 Å². The van der Waals surface area contributed by atoms with Crippen LogP contribution >= 0.6 is 0 Å². The molecule has 1 N–H and O–H groups in total. The molecule has 0 saturated heterocycles. The molecule has 3 heteroatoms. The van der Waals surface area contributed by atoms with Crippen molar-refractivity contribution in [1.29, 1.82) is 0 Å². The van der Waals surface area contributed by atoms with Crippen LogP contribution in [0.5, 0.6) is 0 Å². The summed E-state index contributed by atoms with van der Waals surface area (Å²) in [6, 6.07) is 9.08. The van der Waals surface area contributed by atoms with Crippen LogP contribution in [0.25, 0.3) is 0 Å². The minimum Gasteiger partial charge on any atom is -0.352 e. The van der Waals surface area contributed by atoms with Crippen LogP contribution < -0.4 is 5.32 Å². The third kappa shape index (κ3) is 4.81. The number of Topliss-reactive ketones (excluding diaryl/α,β-unsaturated/α-hetero) is 1. The standard InChI is InChI=1S/C14H19NO2/c1-11(2)13(16)9-6-10-15-14(17)12-7-4-3-5-8-12/h3-5,7-8,11H,6,9-10H2,1-2H3,(H,15,17). The molecule has 0 aliphatic carbocycles. The van der Waals surface area contributed by atoms with Crippen molar-refractivity contribution < 1.29 is 9.59 Å². The summed E-state index contributed by atoms with van der Waals surface area (Å²) in [4.78, 5) is 23.0. The van der Waals surface area contributed by atoms with Crippen molar-refractivity contribution in [2.75, 3.05) is 6.54 Å². The Morgan fingerprint density at radius 1 is 1.18 bits per heavy atom. The highest BCUT2D eigenvalue weighted by Gasteiger charge is 2.07. The molecule has 17 heavy (non-hydrogen) atoms. The van der Waals surface area contributed by atoms with Crippen LogP contribution in [0, 0.1) is 5.92 Å². The Morgan fingerprint density at radius 2 is 1.82 bits per heavy atom. The Balaban J connectivity index is 2.24. The van der Waals surface area contributed by atoms with Gasteiger partial charge >= 0.3 is 0 Å². The molecular weight excluding hydrogens is 214 g/mol. The van der Waals surface area contributed by atoms with E-state index in [0.717, 1.165) is 0 Å². The first-order chi connectivity index (χ1) is 8.11. The summed E-state index contributed by atoms with van der Waals surface area (Å²) >= 11 is 0. The Hall–Kier alpha value is -1.64.